The molecular formula is C20H26N2O. The molecule has 122 valence electrons. The van der Waals surface area contributed by atoms with Crippen LogP contribution in [0.4, 0.5) is 5.69 Å². The second-order valence-corrected chi connectivity index (χ2v) is 5.77. The highest BCUT2D eigenvalue weighted by Crippen LogP contribution is 2.16. The Morgan fingerprint density at radius 2 is 1.70 bits per heavy atom. The van der Waals surface area contributed by atoms with E-state index in [0.29, 0.717) is 13.1 Å². The zero-order valence-electron chi connectivity index (χ0n) is 14.3. The largest absolute Gasteiger partial charge is 0.312 e. The summed E-state index contributed by atoms with van der Waals surface area (Å²) in [5.74, 6) is 0.149. The van der Waals surface area contributed by atoms with Crippen molar-refractivity contribution in [1.29, 1.82) is 0 Å². The molecule has 3 nitrogen and oxygen atoms in total. The van der Waals surface area contributed by atoms with Crippen molar-refractivity contribution in [3.05, 3.63) is 65.7 Å². The third-order valence-corrected chi connectivity index (χ3v) is 3.99. The van der Waals surface area contributed by atoms with Crippen molar-refractivity contribution in [2.45, 2.75) is 27.3 Å². The topological polar surface area (TPSA) is 23.6 Å². The van der Waals surface area contributed by atoms with E-state index in [1.165, 1.54) is 11.1 Å². The van der Waals surface area contributed by atoms with E-state index in [0.717, 1.165) is 18.8 Å². The van der Waals surface area contributed by atoms with Crippen molar-refractivity contribution in [3.63, 3.8) is 0 Å². The number of rotatable bonds is 7. The van der Waals surface area contributed by atoms with Gasteiger partial charge in [-0.25, -0.2) is 0 Å². The van der Waals surface area contributed by atoms with Gasteiger partial charge in [0.25, 0.3) is 0 Å². The fraction of sp³-hybridized carbons (Fsp3) is 0.350. The molecule has 0 atom stereocenters. The maximum atomic E-state index is 12.7. The first-order valence-corrected chi connectivity index (χ1v) is 8.27. The fourth-order valence-electron chi connectivity index (χ4n) is 2.70. The number of hydrogen-bond donors (Lipinski definition) is 0. The summed E-state index contributed by atoms with van der Waals surface area (Å²) in [6.07, 6.45) is 0. The molecule has 23 heavy (non-hydrogen) atoms. The molecule has 0 spiro atoms. The molecule has 2 rings (SSSR count). The van der Waals surface area contributed by atoms with Crippen molar-refractivity contribution in [2.75, 3.05) is 24.5 Å². The Bertz CT molecular complexity index is 625. The average molecular weight is 310 g/mol. The smallest absolute Gasteiger partial charge is 0.241 e. The monoisotopic (exact) mass is 310 g/mol. The normalized spacial score (nSPS) is 10.8. The van der Waals surface area contributed by atoms with Gasteiger partial charge in [0.1, 0.15) is 0 Å². The fourth-order valence-corrected chi connectivity index (χ4v) is 2.70. The number of carbonyl (C=O) groups is 1. The summed E-state index contributed by atoms with van der Waals surface area (Å²) in [4.78, 5) is 16.8. The summed E-state index contributed by atoms with van der Waals surface area (Å²) in [6, 6.07) is 18.4. The molecular weight excluding hydrogens is 284 g/mol. The Kier molecular flexibility index (Phi) is 6.36. The average Bonchev–Trinajstić information content (AvgIpc) is 2.56. The lowest BCUT2D eigenvalue weighted by Gasteiger charge is -2.26. The Balaban J connectivity index is 2.05. The van der Waals surface area contributed by atoms with E-state index < -0.39 is 0 Å². The lowest BCUT2D eigenvalue weighted by atomic mass is 10.2. The molecule has 2 aromatic carbocycles. The zero-order chi connectivity index (χ0) is 16.7. The van der Waals surface area contributed by atoms with E-state index in [2.05, 4.69) is 43.0 Å². The molecule has 0 aliphatic rings. The maximum absolute atomic E-state index is 12.7. The first-order chi connectivity index (χ1) is 11.1. The molecule has 1 amide bonds. The van der Waals surface area contributed by atoms with Crippen LogP contribution in [0, 0.1) is 6.92 Å². The van der Waals surface area contributed by atoms with E-state index in [4.69, 9.17) is 0 Å². The molecule has 0 bridgehead atoms. The van der Waals surface area contributed by atoms with Crippen molar-refractivity contribution in [1.82, 2.24) is 4.90 Å². The highest BCUT2D eigenvalue weighted by atomic mass is 16.2. The Morgan fingerprint density at radius 1 is 0.957 bits per heavy atom. The van der Waals surface area contributed by atoms with Crippen LogP contribution in [0.3, 0.4) is 0 Å². The van der Waals surface area contributed by atoms with Crippen molar-refractivity contribution >= 4 is 11.6 Å². The van der Waals surface area contributed by atoms with Gasteiger partial charge in [-0.1, -0.05) is 49.4 Å². The van der Waals surface area contributed by atoms with Crippen LogP contribution in [0.25, 0.3) is 0 Å². The number of amides is 1. The molecule has 0 heterocycles. The molecule has 0 fully saturated rings. The van der Waals surface area contributed by atoms with Gasteiger partial charge in [-0.2, -0.15) is 0 Å². The minimum Gasteiger partial charge on any atom is -0.312 e. The first-order valence-electron chi connectivity index (χ1n) is 8.27. The van der Waals surface area contributed by atoms with Crippen LogP contribution in [0.15, 0.2) is 54.6 Å². The second kappa shape index (κ2) is 8.49. The molecule has 2 aromatic rings. The predicted octanol–water partition coefficient (Wildman–Crippen LogP) is 3.87. The van der Waals surface area contributed by atoms with E-state index in [9.17, 15) is 4.79 Å². The number of likely N-dealkylation sites (N-methyl/N-ethyl adjacent to an activating group) is 2. The third-order valence-electron chi connectivity index (χ3n) is 3.99. The predicted molar refractivity (Wildman–Crippen MR) is 96.6 cm³/mol. The van der Waals surface area contributed by atoms with Crippen LogP contribution >= 0.6 is 0 Å². The summed E-state index contributed by atoms with van der Waals surface area (Å²) in [7, 11) is 0. The number of nitrogens with zero attached hydrogens (tertiary/aromatic N) is 2. The summed E-state index contributed by atoms with van der Waals surface area (Å²) >= 11 is 0. The first kappa shape index (κ1) is 17.2. The van der Waals surface area contributed by atoms with Crippen LogP contribution in [-0.4, -0.2) is 30.4 Å². The second-order valence-electron chi connectivity index (χ2n) is 5.77. The SMILES string of the molecule is CCN(CC(=O)N(CC)c1cccc(C)c1)Cc1ccccc1. The van der Waals surface area contributed by atoms with Gasteiger partial charge >= 0.3 is 0 Å². The van der Waals surface area contributed by atoms with Gasteiger partial charge in [0.05, 0.1) is 6.54 Å². The molecule has 0 aliphatic carbocycles. The maximum Gasteiger partial charge on any atom is 0.241 e. The number of anilines is 1. The number of hydrogen-bond acceptors (Lipinski definition) is 2. The van der Waals surface area contributed by atoms with E-state index in [-0.39, 0.29) is 5.91 Å². The Morgan fingerprint density at radius 3 is 2.30 bits per heavy atom. The summed E-state index contributed by atoms with van der Waals surface area (Å²) < 4.78 is 0. The molecule has 0 N–H and O–H groups in total. The van der Waals surface area contributed by atoms with Gasteiger partial charge in [0.2, 0.25) is 5.91 Å². The molecule has 0 aliphatic heterocycles. The van der Waals surface area contributed by atoms with Crippen LogP contribution in [0.5, 0.6) is 0 Å². The van der Waals surface area contributed by atoms with E-state index >= 15 is 0 Å². The summed E-state index contributed by atoms with van der Waals surface area (Å²) in [5, 5.41) is 0. The zero-order valence-corrected chi connectivity index (χ0v) is 14.3. The van der Waals surface area contributed by atoms with E-state index in [1.807, 2.05) is 42.2 Å². The number of carbonyl (C=O) groups excluding carboxylic acids is 1. The molecule has 0 radical (unpaired) electrons. The molecule has 0 saturated carbocycles. The lowest BCUT2D eigenvalue weighted by molar-refractivity contribution is -0.119. The minimum absolute atomic E-state index is 0.149. The Labute approximate surface area is 139 Å². The van der Waals surface area contributed by atoms with Gasteiger partial charge in [-0.05, 0) is 43.7 Å². The van der Waals surface area contributed by atoms with Gasteiger partial charge in [0.15, 0.2) is 0 Å². The number of benzene rings is 2. The van der Waals surface area contributed by atoms with Crippen molar-refractivity contribution in [2.24, 2.45) is 0 Å². The van der Waals surface area contributed by atoms with Crippen LogP contribution in [0.1, 0.15) is 25.0 Å². The third kappa shape index (κ3) is 4.93. The molecule has 3 heteroatoms. The van der Waals surface area contributed by atoms with Gasteiger partial charge in [0, 0.05) is 18.8 Å². The van der Waals surface area contributed by atoms with Crippen molar-refractivity contribution in [3.8, 4) is 0 Å². The van der Waals surface area contributed by atoms with Crippen molar-refractivity contribution < 1.29 is 4.79 Å². The van der Waals surface area contributed by atoms with E-state index in [1.54, 1.807) is 0 Å². The Hall–Kier alpha value is -2.13. The van der Waals surface area contributed by atoms with Gasteiger partial charge < -0.3 is 4.90 Å². The molecule has 0 aromatic heterocycles. The van der Waals surface area contributed by atoms with Crippen LogP contribution in [0.2, 0.25) is 0 Å². The number of aryl methyl sites for hydroxylation is 1. The van der Waals surface area contributed by atoms with Crippen LogP contribution in [-0.2, 0) is 11.3 Å². The minimum atomic E-state index is 0.149. The van der Waals surface area contributed by atoms with Crippen LogP contribution < -0.4 is 4.90 Å². The molecule has 0 saturated heterocycles. The highest BCUT2D eigenvalue weighted by molar-refractivity contribution is 5.94. The summed E-state index contributed by atoms with van der Waals surface area (Å²) in [5.41, 5.74) is 3.39. The summed E-state index contributed by atoms with van der Waals surface area (Å²) in [6.45, 7) is 8.95. The molecule has 0 unspecified atom stereocenters. The van der Waals surface area contributed by atoms with Gasteiger partial charge in [-0.15, -0.1) is 0 Å². The van der Waals surface area contributed by atoms with Gasteiger partial charge in [-0.3, -0.25) is 9.69 Å². The lowest BCUT2D eigenvalue weighted by Crippen LogP contribution is -2.40. The highest BCUT2D eigenvalue weighted by Gasteiger charge is 2.17. The quantitative estimate of drug-likeness (QED) is 0.775. The standard InChI is InChI=1S/C20H26N2O/c1-4-21(15-18-11-7-6-8-12-18)16-20(23)22(5-2)19-13-9-10-17(3)14-19/h6-14H,4-5,15-16H2,1-3H3.